The molecule has 3 amide bonds. The molecule has 1 aliphatic heterocycles. The van der Waals surface area contributed by atoms with E-state index in [-0.39, 0.29) is 30.3 Å². The zero-order valence-electron chi connectivity index (χ0n) is 15.4. The van der Waals surface area contributed by atoms with Crippen LogP contribution in [0.2, 0.25) is 5.02 Å². The van der Waals surface area contributed by atoms with Gasteiger partial charge in [-0.15, -0.1) is 0 Å². The maximum Gasteiger partial charge on any atom is 0.253 e. The third-order valence-corrected chi connectivity index (χ3v) is 4.94. The van der Waals surface area contributed by atoms with Gasteiger partial charge in [-0.25, -0.2) is 0 Å². The summed E-state index contributed by atoms with van der Waals surface area (Å²) in [6, 6.07) is 15.6. The van der Waals surface area contributed by atoms with Crippen LogP contribution in [0.3, 0.4) is 0 Å². The second-order valence-corrected chi connectivity index (χ2v) is 7.13. The molecule has 2 N–H and O–H groups in total. The summed E-state index contributed by atoms with van der Waals surface area (Å²) in [5, 5.41) is 6.13. The fourth-order valence-electron chi connectivity index (χ4n) is 3.13. The molecule has 2 aromatic carbocycles. The Morgan fingerprint density at radius 1 is 0.929 bits per heavy atom. The van der Waals surface area contributed by atoms with Gasteiger partial charge < -0.3 is 15.5 Å². The Morgan fingerprint density at radius 2 is 1.57 bits per heavy atom. The average molecular weight is 400 g/mol. The molecule has 0 bridgehead atoms. The number of amides is 3. The fraction of sp³-hybridized carbons (Fsp3) is 0.286. The second-order valence-electron chi connectivity index (χ2n) is 6.69. The number of nitrogens with zero attached hydrogens (tertiary/aromatic N) is 1. The molecule has 0 aromatic heterocycles. The highest BCUT2D eigenvalue weighted by Gasteiger charge is 2.24. The highest BCUT2D eigenvalue weighted by molar-refractivity contribution is 6.30. The van der Waals surface area contributed by atoms with E-state index in [0.29, 0.717) is 42.1 Å². The van der Waals surface area contributed by atoms with Gasteiger partial charge in [0.05, 0.1) is 6.54 Å². The Morgan fingerprint density at radius 3 is 2.21 bits per heavy atom. The Balaban J connectivity index is 1.41. The molecule has 0 unspecified atom stereocenters. The van der Waals surface area contributed by atoms with Crippen molar-refractivity contribution < 1.29 is 14.4 Å². The molecule has 1 heterocycles. The van der Waals surface area contributed by atoms with Crippen LogP contribution in [0.1, 0.15) is 33.6 Å². The molecule has 1 fully saturated rings. The standard InChI is InChI=1S/C21H22ClN3O3/c22-17-8-6-16(7-9-17)21(28)25-12-10-18(11-13-25)24-19(26)14-23-20(27)15-4-2-1-3-5-15/h1-9,18H,10-14H2,(H,23,27)(H,24,26). The van der Waals surface area contributed by atoms with Crippen molar-refractivity contribution in [3.05, 3.63) is 70.7 Å². The van der Waals surface area contributed by atoms with Crippen molar-refractivity contribution in [2.45, 2.75) is 18.9 Å². The van der Waals surface area contributed by atoms with Gasteiger partial charge in [-0.1, -0.05) is 29.8 Å². The number of hydrogen-bond donors (Lipinski definition) is 2. The number of piperidine rings is 1. The minimum atomic E-state index is -0.279. The van der Waals surface area contributed by atoms with E-state index in [0.717, 1.165) is 0 Å². The number of hydrogen-bond acceptors (Lipinski definition) is 3. The highest BCUT2D eigenvalue weighted by atomic mass is 35.5. The van der Waals surface area contributed by atoms with E-state index < -0.39 is 0 Å². The molecule has 7 heteroatoms. The van der Waals surface area contributed by atoms with Crippen LogP contribution in [0.4, 0.5) is 0 Å². The van der Waals surface area contributed by atoms with E-state index in [9.17, 15) is 14.4 Å². The molecule has 0 atom stereocenters. The maximum atomic E-state index is 12.5. The lowest BCUT2D eigenvalue weighted by Crippen LogP contribution is -2.48. The predicted octanol–water partition coefficient (Wildman–Crippen LogP) is 2.49. The number of rotatable bonds is 5. The first-order valence-corrected chi connectivity index (χ1v) is 9.58. The quantitative estimate of drug-likeness (QED) is 0.810. The Bertz CT molecular complexity index is 832. The van der Waals surface area contributed by atoms with Crippen molar-refractivity contribution in [3.8, 4) is 0 Å². The van der Waals surface area contributed by atoms with Crippen LogP contribution in [0.25, 0.3) is 0 Å². The first kappa shape index (κ1) is 19.9. The maximum absolute atomic E-state index is 12.5. The number of benzene rings is 2. The van der Waals surface area contributed by atoms with Gasteiger partial charge >= 0.3 is 0 Å². The van der Waals surface area contributed by atoms with E-state index >= 15 is 0 Å². The van der Waals surface area contributed by atoms with Crippen molar-refractivity contribution in [2.24, 2.45) is 0 Å². The average Bonchev–Trinajstić information content (AvgIpc) is 2.73. The molecule has 1 aliphatic rings. The molecule has 0 aliphatic carbocycles. The van der Waals surface area contributed by atoms with Gasteiger partial charge in [0, 0.05) is 35.3 Å². The molecule has 1 saturated heterocycles. The monoisotopic (exact) mass is 399 g/mol. The predicted molar refractivity (Wildman–Crippen MR) is 107 cm³/mol. The fourth-order valence-corrected chi connectivity index (χ4v) is 3.26. The van der Waals surface area contributed by atoms with Crippen molar-refractivity contribution in [1.82, 2.24) is 15.5 Å². The molecule has 28 heavy (non-hydrogen) atoms. The van der Waals surface area contributed by atoms with Crippen molar-refractivity contribution in [2.75, 3.05) is 19.6 Å². The molecule has 3 rings (SSSR count). The van der Waals surface area contributed by atoms with Crippen molar-refractivity contribution in [1.29, 1.82) is 0 Å². The summed E-state index contributed by atoms with van der Waals surface area (Å²) in [6.45, 7) is 1.07. The Kier molecular flexibility index (Phi) is 6.66. The summed E-state index contributed by atoms with van der Waals surface area (Å²) in [5.74, 6) is -0.539. The molecule has 6 nitrogen and oxygen atoms in total. The van der Waals surface area contributed by atoms with Crippen molar-refractivity contribution >= 4 is 29.3 Å². The van der Waals surface area contributed by atoms with Gasteiger partial charge in [-0.2, -0.15) is 0 Å². The molecule has 0 radical (unpaired) electrons. The summed E-state index contributed by atoms with van der Waals surface area (Å²) in [4.78, 5) is 38.3. The number of likely N-dealkylation sites (tertiary alicyclic amines) is 1. The normalized spacial score (nSPS) is 14.4. The minimum absolute atomic E-state index is 0.00426. The van der Waals surface area contributed by atoms with Crippen LogP contribution in [0.5, 0.6) is 0 Å². The SMILES string of the molecule is O=C(CNC(=O)c1ccccc1)NC1CCN(C(=O)c2ccc(Cl)cc2)CC1. The molecule has 2 aromatic rings. The van der Waals surface area contributed by atoms with E-state index in [2.05, 4.69) is 10.6 Å². The summed E-state index contributed by atoms with van der Waals surface area (Å²) >= 11 is 5.86. The second kappa shape index (κ2) is 9.37. The van der Waals surface area contributed by atoms with E-state index in [1.165, 1.54) is 0 Å². The summed E-state index contributed by atoms with van der Waals surface area (Å²) in [7, 11) is 0. The van der Waals surface area contributed by atoms with Gasteiger partial charge in [0.1, 0.15) is 0 Å². The summed E-state index contributed by atoms with van der Waals surface area (Å²) in [6.07, 6.45) is 1.36. The van der Waals surface area contributed by atoms with E-state index in [4.69, 9.17) is 11.6 Å². The Labute approximate surface area is 168 Å². The third-order valence-electron chi connectivity index (χ3n) is 4.68. The van der Waals surface area contributed by atoms with Gasteiger partial charge in [-0.05, 0) is 49.2 Å². The van der Waals surface area contributed by atoms with E-state index in [1.54, 1.807) is 53.4 Å². The van der Waals surface area contributed by atoms with Gasteiger partial charge in [0.2, 0.25) is 5.91 Å². The van der Waals surface area contributed by atoms with Crippen molar-refractivity contribution in [3.63, 3.8) is 0 Å². The number of nitrogens with one attached hydrogen (secondary N) is 2. The zero-order valence-corrected chi connectivity index (χ0v) is 16.1. The first-order valence-electron chi connectivity index (χ1n) is 9.20. The Hall–Kier alpha value is -2.86. The van der Waals surface area contributed by atoms with Crippen LogP contribution in [0.15, 0.2) is 54.6 Å². The molecule has 0 spiro atoms. The number of carbonyl (C=O) groups is 3. The number of halogens is 1. The highest BCUT2D eigenvalue weighted by Crippen LogP contribution is 2.16. The summed E-state index contributed by atoms with van der Waals surface area (Å²) < 4.78 is 0. The third kappa shape index (κ3) is 5.33. The van der Waals surface area contributed by atoms with Gasteiger partial charge in [-0.3, -0.25) is 14.4 Å². The summed E-state index contributed by atoms with van der Waals surface area (Å²) in [5.41, 5.74) is 1.12. The lowest BCUT2D eigenvalue weighted by molar-refractivity contribution is -0.121. The topological polar surface area (TPSA) is 78.5 Å². The molecule has 0 saturated carbocycles. The van der Waals surface area contributed by atoms with Crippen LogP contribution >= 0.6 is 11.6 Å². The van der Waals surface area contributed by atoms with E-state index in [1.807, 2.05) is 6.07 Å². The zero-order chi connectivity index (χ0) is 19.9. The van der Waals surface area contributed by atoms with Crippen LogP contribution in [-0.2, 0) is 4.79 Å². The lowest BCUT2D eigenvalue weighted by atomic mass is 10.0. The molecule has 146 valence electrons. The smallest absolute Gasteiger partial charge is 0.253 e. The van der Waals surface area contributed by atoms with Crippen LogP contribution in [-0.4, -0.2) is 48.3 Å². The number of carbonyl (C=O) groups excluding carboxylic acids is 3. The van der Waals surface area contributed by atoms with Gasteiger partial charge in [0.25, 0.3) is 11.8 Å². The lowest BCUT2D eigenvalue weighted by Gasteiger charge is -2.32. The van der Waals surface area contributed by atoms with Crippen LogP contribution in [0, 0.1) is 0 Å². The molecular formula is C21H22ClN3O3. The van der Waals surface area contributed by atoms with Crippen LogP contribution < -0.4 is 10.6 Å². The largest absolute Gasteiger partial charge is 0.352 e. The van der Waals surface area contributed by atoms with Gasteiger partial charge in [0.15, 0.2) is 0 Å². The molecular weight excluding hydrogens is 378 g/mol. The first-order chi connectivity index (χ1) is 13.5. The minimum Gasteiger partial charge on any atom is -0.352 e.